The highest BCUT2D eigenvalue weighted by Gasteiger charge is 2.07. The van der Waals surface area contributed by atoms with Gasteiger partial charge in [0, 0.05) is 6.54 Å². The van der Waals surface area contributed by atoms with E-state index in [4.69, 9.17) is 0 Å². The molecule has 2 heteroatoms. The van der Waals surface area contributed by atoms with E-state index in [-0.39, 0.29) is 5.91 Å². The van der Waals surface area contributed by atoms with Crippen molar-refractivity contribution in [3.8, 4) is 11.1 Å². The Morgan fingerprint density at radius 2 is 1.65 bits per heavy atom. The van der Waals surface area contributed by atoms with E-state index in [2.05, 4.69) is 35.7 Å². The van der Waals surface area contributed by atoms with Gasteiger partial charge in [0.05, 0.1) is 6.42 Å². The molecule has 0 aliphatic heterocycles. The second kappa shape index (κ2) is 7.77. The van der Waals surface area contributed by atoms with E-state index in [1.165, 1.54) is 29.5 Å². The minimum absolute atomic E-state index is 0.101. The van der Waals surface area contributed by atoms with Crippen molar-refractivity contribution in [3.05, 3.63) is 71.8 Å². The van der Waals surface area contributed by atoms with Crippen LogP contribution in [0.15, 0.2) is 66.2 Å². The maximum Gasteiger partial charge on any atom is 0.224 e. The predicted octanol–water partition coefficient (Wildman–Crippen LogP) is 4.51. The van der Waals surface area contributed by atoms with Crippen molar-refractivity contribution in [1.82, 2.24) is 5.32 Å². The molecule has 23 heavy (non-hydrogen) atoms. The number of nitrogens with one attached hydrogen (secondary N) is 1. The lowest BCUT2D eigenvalue weighted by Gasteiger charge is -2.13. The number of hydrogen-bond acceptors (Lipinski definition) is 1. The zero-order valence-corrected chi connectivity index (χ0v) is 13.4. The summed E-state index contributed by atoms with van der Waals surface area (Å²) in [5.41, 5.74) is 4.82. The standard InChI is InChI=1S/C21H23NO/c23-21(22-16-18-7-3-1-4-8-18)15-17-11-13-20(14-12-17)19-9-5-2-6-10-19/h2,5-7,9-14H,1,3-4,8,15-16H2,(H,22,23). The van der Waals surface area contributed by atoms with Gasteiger partial charge < -0.3 is 5.32 Å². The lowest BCUT2D eigenvalue weighted by molar-refractivity contribution is -0.120. The fourth-order valence-electron chi connectivity index (χ4n) is 2.97. The van der Waals surface area contributed by atoms with Crippen LogP contribution >= 0.6 is 0 Å². The first-order chi connectivity index (χ1) is 11.3. The Bertz CT molecular complexity index is 671. The average Bonchev–Trinajstić information content (AvgIpc) is 2.62. The van der Waals surface area contributed by atoms with E-state index in [9.17, 15) is 4.79 Å². The van der Waals surface area contributed by atoms with Crippen molar-refractivity contribution < 1.29 is 4.79 Å². The molecule has 0 saturated carbocycles. The van der Waals surface area contributed by atoms with Gasteiger partial charge in [-0.1, -0.05) is 66.2 Å². The van der Waals surface area contributed by atoms with Gasteiger partial charge in [0.25, 0.3) is 0 Å². The Balaban J connectivity index is 1.53. The van der Waals surface area contributed by atoms with Crippen LogP contribution in [0.25, 0.3) is 11.1 Å². The van der Waals surface area contributed by atoms with Crippen LogP contribution in [-0.2, 0) is 11.2 Å². The molecular formula is C21H23NO. The Morgan fingerprint density at radius 1 is 0.913 bits per heavy atom. The first-order valence-electron chi connectivity index (χ1n) is 8.40. The molecule has 2 aromatic carbocycles. The number of allylic oxidation sites excluding steroid dienone is 1. The molecule has 1 N–H and O–H groups in total. The van der Waals surface area contributed by atoms with Gasteiger partial charge in [0.2, 0.25) is 5.91 Å². The Morgan fingerprint density at radius 3 is 2.35 bits per heavy atom. The van der Waals surface area contributed by atoms with Crippen molar-refractivity contribution in [2.45, 2.75) is 32.1 Å². The SMILES string of the molecule is O=C(Cc1ccc(-c2ccccc2)cc1)NCC1=CCCCC1. The molecule has 0 atom stereocenters. The van der Waals surface area contributed by atoms with Gasteiger partial charge >= 0.3 is 0 Å². The predicted molar refractivity (Wildman–Crippen MR) is 95.1 cm³/mol. The lowest BCUT2D eigenvalue weighted by Crippen LogP contribution is -2.27. The Labute approximate surface area is 138 Å². The van der Waals surface area contributed by atoms with Crippen molar-refractivity contribution in [1.29, 1.82) is 0 Å². The van der Waals surface area contributed by atoms with Crippen LogP contribution in [0.5, 0.6) is 0 Å². The highest BCUT2D eigenvalue weighted by Crippen LogP contribution is 2.19. The third kappa shape index (κ3) is 4.56. The molecular weight excluding hydrogens is 282 g/mol. The highest BCUT2D eigenvalue weighted by molar-refractivity contribution is 5.79. The van der Waals surface area contributed by atoms with Gasteiger partial charge in [0.15, 0.2) is 0 Å². The number of hydrogen-bond donors (Lipinski definition) is 1. The summed E-state index contributed by atoms with van der Waals surface area (Å²) in [6.45, 7) is 0.709. The van der Waals surface area contributed by atoms with E-state index >= 15 is 0 Å². The van der Waals surface area contributed by atoms with Crippen LogP contribution in [0, 0.1) is 0 Å². The minimum atomic E-state index is 0.101. The van der Waals surface area contributed by atoms with Crippen LogP contribution < -0.4 is 5.32 Å². The van der Waals surface area contributed by atoms with E-state index in [1.54, 1.807) is 0 Å². The second-order valence-corrected chi connectivity index (χ2v) is 6.12. The lowest BCUT2D eigenvalue weighted by atomic mass is 9.99. The first-order valence-corrected chi connectivity index (χ1v) is 8.40. The van der Waals surface area contributed by atoms with Crippen LogP contribution in [0.3, 0.4) is 0 Å². The third-order valence-corrected chi connectivity index (χ3v) is 4.32. The summed E-state index contributed by atoms with van der Waals surface area (Å²) in [7, 11) is 0. The van der Waals surface area contributed by atoms with E-state index < -0.39 is 0 Å². The fraction of sp³-hybridized carbons (Fsp3) is 0.286. The Hall–Kier alpha value is -2.35. The molecule has 118 valence electrons. The van der Waals surface area contributed by atoms with Crippen LogP contribution in [0.2, 0.25) is 0 Å². The molecule has 0 heterocycles. The van der Waals surface area contributed by atoms with Crippen molar-refractivity contribution >= 4 is 5.91 Å². The number of carbonyl (C=O) groups is 1. The van der Waals surface area contributed by atoms with Gasteiger partial charge in [-0.3, -0.25) is 4.79 Å². The number of amides is 1. The van der Waals surface area contributed by atoms with Crippen molar-refractivity contribution in [3.63, 3.8) is 0 Å². The summed E-state index contributed by atoms with van der Waals surface area (Å²) < 4.78 is 0. The topological polar surface area (TPSA) is 29.1 Å². The highest BCUT2D eigenvalue weighted by atomic mass is 16.1. The molecule has 0 unspecified atom stereocenters. The van der Waals surface area contributed by atoms with Crippen LogP contribution in [-0.4, -0.2) is 12.5 Å². The minimum Gasteiger partial charge on any atom is -0.352 e. The van der Waals surface area contributed by atoms with Gasteiger partial charge in [-0.15, -0.1) is 0 Å². The molecule has 0 saturated heterocycles. The van der Waals surface area contributed by atoms with Gasteiger partial charge in [-0.2, -0.15) is 0 Å². The summed E-state index contributed by atoms with van der Waals surface area (Å²) in [5, 5.41) is 3.04. The van der Waals surface area contributed by atoms with Crippen LogP contribution in [0.1, 0.15) is 31.2 Å². The molecule has 1 amide bonds. The van der Waals surface area contributed by atoms with E-state index in [0.717, 1.165) is 18.4 Å². The molecule has 0 fully saturated rings. The van der Waals surface area contributed by atoms with E-state index in [0.29, 0.717) is 13.0 Å². The largest absolute Gasteiger partial charge is 0.352 e. The molecule has 3 rings (SSSR count). The zero-order chi connectivity index (χ0) is 15.9. The summed E-state index contributed by atoms with van der Waals surface area (Å²) >= 11 is 0. The van der Waals surface area contributed by atoms with Gasteiger partial charge in [-0.25, -0.2) is 0 Å². The van der Waals surface area contributed by atoms with Crippen LogP contribution in [0.4, 0.5) is 0 Å². The smallest absolute Gasteiger partial charge is 0.224 e. The molecule has 1 aliphatic rings. The number of rotatable bonds is 5. The third-order valence-electron chi connectivity index (χ3n) is 4.32. The summed E-state index contributed by atoms with van der Waals surface area (Å²) in [6, 6.07) is 18.5. The zero-order valence-electron chi connectivity index (χ0n) is 13.4. The maximum atomic E-state index is 12.1. The number of carbonyl (C=O) groups excluding carboxylic acids is 1. The van der Waals surface area contributed by atoms with Gasteiger partial charge in [-0.05, 0) is 42.4 Å². The maximum absolute atomic E-state index is 12.1. The second-order valence-electron chi connectivity index (χ2n) is 6.12. The quantitative estimate of drug-likeness (QED) is 0.809. The van der Waals surface area contributed by atoms with E-state index in [1.807, 2.05) is 30.3 Å². The molecule has 2 nitrogen and oxygen atoms in total. The summed E-state index contributed by atoms with van der Waals surface area (Å²) in [5.74, 6) is 0.101. The molecule has 0 aromatic heterocycles. The average molecular weight is 305 g/mol. The van der Waals surface area contributed by atoms with Gasteiger partial charge in [0.1, 0.15) is 0 Å². The molecule has 0 radical (unpaired) electrons. The normalized spacial score (nSPS) is 14.2. The number of benzene rings is 2. The Kier molecular flexibility index (Phi) is 5.25. The summed E-state index contributed by atoms with van der Waals surface area (Å²) in [6.07, 6.45) is 7.55. The molecule has 0 spiro atoms. The first kappa shape index (κ1) is 15.5. The van der Waals surface area contributed by atoms with Crippen molar-refractivity contribution in [2.24, 2.45) is 0 Å². The molecule has 2 aromatic rings. The van der Waals surface area contributed by atoms with Crippen molar-refractivity contribution in [2.75, 3.05) is 6.54 Å². The summed E-state index contributed by atoms with van der Waals surface area (Å²) in [4.78, 5) is 12.1. The fourth-order valence-corrected chi connectivity index (χ4v) is 2.97. The monoisotopic (exact) mass is 305 g/mol. The molecule has 0 bridgehead atoms. The molecule has 1 aliphatic carbocycles.